The maximum atomic E-state index is 12.8. The Kier molecular flexibility index (Phi) is 5.74. The minimum Gasteiger partial charge on any atom is -0.321 e. The molecule has 0 saturated heterocycles. The summed E-state index contributed by atoms with van der Waals surface area (Å²) in [5.41, 5.74) is 0.413. The Hall–Kier alpha value is -3.79. The first kappa shape index (κ1) is 17.6. The van der Waals surface area contributed by atoms with Crippen LogP contribution in [0.4, 0.5) is 15.8 Å². The fourth-order valence-electron chi connectivity index (χ4n) is 1.94. The van der Waals surface area contributed by atoms with Gasteiger partial charge in [-0.3, -0.25) is 14.9 Å². The summed E-state index contributed by atoms with van der Waals surface area (Å²) in [5, 5.41) is 22.5. The van der Waals surface area contributed by atoms with E-state index in [4.69, 9.17) is 5.26 Å². The normalized spacial score (nSPS) is 11.1. The monoisotopic (exact) mass is 337 g/mol. The van der Waals surface area contributed by atoms with Gasteiger partial charge in [0.1, 0.15) is 17.5 Å². The van der Waals surface area contributed by atoms with E-state index in [2.05, 4.69) is 5.32 Å². The van der Waals surface area contributed by atoms with Crippen LogP contribution >= 0.6 is 0 Å². The van der Waals surface area contributed by atoms with Crippen LogP contribution in [0.5, 0.6) is 0 Å². The van der Waals surface area contributed by atoms with Gasteiger partial charge in [-0.05, 0) is 42.5 Å². The van der Waals surface area contributed by atoms with Crippen molar-refractivity contribution in [1.29, 1.82) is 5.26 Å². The van der Waals surface area contributed by atoms with Gasteiger partial charge in [0.05, 0.1) is 10.5 Å². The first-order chi connectivity index (χ1) is 12.0. The minimum atomic E-state index is -0.665. The van der Waals surface area contributed by atoms with Gasteiger partial charge in [0.25, 0.3) is 11.6 Å². The second kappa shape index (κ2) is 8.17. The Bertz CT molecular complexity index is 897. The summed E-state index contributed by atoms with van der Waals surface area (Å²) in [6.45, 7) is 0. The summed E-state index contributed by atoms with van der Waals surface area (Å²) >= 11 is 0. The molecule has 0 aliphatic carbocycles. The molecule has 7 heteroatoms. The fraction of sp³-hybridized carbons (Fsp3) is 0. The standard InChI is InChI=1S/C18H12FN3O3/c19-15-8-10-16(11-9-15)21-18(23)14(12-20)6-3-5-13-4-1-2-7-17(13)22(24)25/h1-11H,(H,21,23). The number of nitriles is 1. The number of anilines is 1. The number of rotatable bonds is 5. The summed E-state index contributed by atoms with van der Waals surface area (Å²) in [5.74, 6) is -1.11. The number of nitrogens with zero attached hydrogens (tertiary/aromatic N) is 2. The first-order valence-electron chi connectivity index (χ1n) is 7.10. The average Bonchev–Trinajstić information content (AvgIpc) is 2.61. The van der Waals surface area contributed by atoms with Crippen LogP contribution in [0.3, 0.4) is 0 Å². The number of hydrogen-bond donors (Lipinski definition) is 1. The van der Waals surface area contributed by atoms with E-state index < -0.39 is 16.6 Å². The predicted molar refractivity (Wildman–Crippen MR) is 90.9 cm³/mol. The number of nitrogens with one attached hydrogen (secondary N) is 1. The molecule has 124 valence electrons. The van der Waals surface area contributed by atoms with Crippen molar-refractivity contribution in [3.8, 4) is 6.07 Å². The molecule has 0 spiro atoms. The van der Waals surface area contributed by atoms with Crippen LogP contribution < -0.4 is 5.32 Å². The molecule has 2 aromatic rings. The molecule has 1 N–H and O–H groups in total. The van der Waals surface area contributed by atoms with E-state index in [1.165, 1.54) is 48.6 Å². The Morgan fingerprint density at radius 1 is 1.20 bits per heavy atom. The van der Waals surface area contributed by atoms with Gasteiger partial charge in [-0.2, -0.15) is 5.26 Å². The maximum absolute atomic E-state index is 12.8. The van der Waals surface area contributed by atoms with E-state index in [0.717, 1.165) is 0 Å². The third-order valence-electron chi connectivity index (χ3n) is 3.14. The van der Waals surface area contributed by atoms with Crippen LogP contribution in [0.2, 0.25) is 0 Å². The molecule has 0 fully saturated rings. The zero-order valence-electron chi connectivity index (χ0n) is 12.8. The number of amides is 1. The lowest BCUT2D eigenvalue weighted by molar-refractivity contribution is -0.385. The van der Waals surface area contributed by atoms with Crippen molar-refractivity contribution in [2.24, 2.45) is 0 Å². The third-order valence-corrected chi connectivity index (χ3v) is 3.14. The molecule has 0 bridgehead atoms. The van der Waals surface area contributed by atoms with Crippen molar-refractivity contribution in [1.82, 2.24) is 0 Å². The van der Waals surface area contributed by atoms with Crippen molar-refractivity contribution < 1.29 is 14.1 Å². The molecule has 2 aromatic carbocycles. The molecule has 6 nitrogen and oxygen atoms in total. The van der Waals surface area contributed by atoms with Crippen molar-refractivity contribution in [2.75, 3.05) is 5.32 Å². The zero-order chi connectivity index (χ0) is 18.2. The number of nitro groups is 1. The van der Waals surface area contributed by atoms with Crippen LogP contribution in [-0.2, 0) is 4.79 Å². The van der Waals surface area contributed by atoms with Crippen molar-refractivity contribution in [2.45, 2.75) is 0 Å². The number of carbonyl (C=O) groups excluding carboxylic acids is 1. The van der Waals surface area contributed by atoms with E-state index in [1.807, 2.05) is 0 Å². The molecule has 0 aliphatic rings. The number of para-hydroxylation sites is 1. The van der Waals surface area contributed by atoms with E-state index in [0.29, 0.717) is 11.3 Å². The quantitative estimate of drug-likeness (QED) is 0.295. The summed E-state index contributed by atoms with van der Waals surface area (Å²) in [6.07, 6.45) is 4.06. The number of carbonyl (C=O) groups is 1. The van der Waals surface area contributed by atoms with Gasteiger partial charge >= 0.3 is 0 Å². The highest BCUT2D eigenvalue weighted by atomic mass is 19.1. The molecule has 0 atom stereocenters. The van der Waals surface area contributed by atoms with Crippen molar-refractivity contribution in [3.05, 3.63) is 87.8 Å². The number of allylic oxidation sites excluding steroid dienone is 2. The second-order valence-corrected chi connectivity index (χ2v) is 4.83. The fourth-order valence-corrected chi connectivity index (χ4v) is 1.94. The molecule has 0 heterocycles. The van der Waals surface area contributed by atoms with E-state index >= 15 is 0 Å². The number of hydrogen-bond acceptors (Lipinski definition) is 4. The minimum absolute atomic E-state index is 0.0820. The molecule has 0 unspecified atom stereocenters. The van der Waals surface area contributed by atoms with Crippen LogP contribution in [0, 0.1) is 27.3 Å². The molecule has 0 aromatic heterocycles. The van der Waals surface area contributed by atoms with Gasteiger partial charge < -0.3 is 5.32 Å². The number of nitro benzene ring substituents is 1. The molecule has 2 rings (SSSR count). The van der Waals surface area contributed by atoms with Crippen LogP contribution in [0.15, 0.2) is 66.3 Å². The summed E-state index contributed by atoms with van der Waals surface area (Å²) in [7, 11) is 0. The van der Waals surface area contributed by atoms with Gasteiger partial charge in [-0.15, -0.1) is 0 Å². The van der Waals surface area contributed by atoms with Gasteiger partial charge in [-0.1, -0.05) is 18.2 Å². The molecule has 25 heavy (non-hydrogen) atoms. The zero-order valence-corrected chi connectivity index (χ0v) is 12.8. The topological polar surface area (TPSA) is 96.0 Å². The molecular formula is C18H12FN3O3. The lowest BCUT2D eigenvalue weighted by atomic mass is 10.1. The van der Waals surface area contributed by atoms with Crippen molar-refractivity contribution >= 4 is 23.4 Å². The number of halogens is 1. The highest BCUT2D eigenvalue weighted by Crippen LogP contribution is 2.19. The van der Waals surface area contributed by atoms with Crippen LogP contribution in [-0.4, -0.2) is 10.8 Å². The van der Waals surface area contributed by atoms with E-state index in [1.54, 1.807) is 24.3 Å². The molecule has 0 radical (unpaired) electrons. The highest BCUT2D eigenvalue weighted by molar-refractivity contribution is 6.06. The summed E-state index contributed by atoms with van der Waals surface area (Å²) in [4.78, 5) is 22.4. The maximum Gasteiger partial charge on any atom is 0.276 e. The smallest absolute Gasteiger partial charge is 0.276 e. The first-order valence-corrected chi connectivity index (χ1v) is 7.10. The van der Waals surface area contributed by atoms with Crippen LogP contribution in [0.25, 0.3) is 6.08 Å². The lowest BCUT2D eigenvalue weighted by Gasteiger charge is -2.03. The second-order valence-electron chi connectivity index (χ2n) is 4.83. The van der Waals surface area contributed by atoms with Gasteiger partial charge in [-0.25, -0.2) is 4.39 Å². The third kappa shape index (κ3) is 4.84. The molecular weight excluding hydrogens is 325 g/mol. The highest BCUT2D eigenvalue weighted by Gasteiger charge is 2.10. The Labute approximate surface area is 142 Å². The molecule has 0 saturated carbocycles. The van der Waals surface area contributed by atoms with Crippen LogP contribution in [0.1, 0.15) is 5.56 Å². The van der Waals surface area contributed by atoms with Gasteiger partial charge in [0, 0.05) is 11.8 Å². The average molecular weight is 337 g/mol. The van der Waals surface area contributed by atoms with E-state index in [9.17, 15) is 19.3 Å². The Morgan fingerprint density at radius 3 is 2.52 bits per heavy atom. The summed E-state index contributed by atoms with van der Waals surface area (Å²) in [6, 6.07) is 12.9. The number of benzene rings is 2. The largest absolute Gasteiger partial charge is 0.321 e. The molecule has 0 aliphatic heterocycles. The summed E-state index contributed by atoms with van der Waals surface area (Å²) < 4.78 is 12.8. The van der Waals surface area contributed by atoms with E-state index in [-0.39, 0.29) is 11.3 Å². The van der Waals surface area contributed by atoms with Gasteiger partial charge in [0.2, 0.25) is 0 Å². The van der Waals surface area contributed by atoms with Crippen molar-refractivity contribution in [3.63, 3.8) is 0 Å². The lowest BCUT2D eigenvalue weighted by Crippen LogP contribution is -2.13. The molecule has 1 amide bonds. The Balaban J connectivity index is 2.15. The SMILES string of the molecule is N#CC(=CC=Cc1ccccc1[N+](=O)[O-])C(=O)Nc1ccc(F)cc1. The predicted octanol–water partition coefficient (Wildman–Crippen LogP) is 3.84. The Morgan fingerprint density at radius 2 is 1.88 bits per heavy atom. The van der Waals surface area contributed by atoms with Gasteiger partial charge in [0.15, 0.2) is 0 Å².